The van der Waals surface area contributed by atoms with E-state index in [4.69, 9.17) is 16.3 Å². The van der Waals surface area contributed by atoms with Crippen molar-refractivity contribution in [3.05, 3.63) is 77.3 Å². The number of sulfonamides is 1. The summed E-state index contributed by atoms with van der Waals surface area (Å²) in [5, 5.41) is 3.04. The summed E-state index contributed by atoms with van der Waals surface area (Å²) in [5.74, 6) is 0.296. The van der Waals surface area contributed by atoms with Crippen LogP contribution in [0.1, 0.15) is 12.5 Å². The van der Waals surface area contributed by atoms with Crippen LogP contribution in [-0.4, -0.2) is 26.7 Å². The van der Waals surface area contributed by atoms with Crippen molar-refractivity contribution in [1.82, 2.24) is 0 Å². The minimum absolute atomic E-state index is 0.191. The lowest BCUT2D eigenvalue weighted by Gasteiger charge is -2.16. The Morgan fingerprint density at radius 3 is 2.34 bits per heavy atom. The van der Waals surface area contributed by atoms with Crippen LogP contribution in [0, 0.1) is 6.92 Å². The van der Waals surface area contributed by atoms with Gasteiger partial charge in [0.1, 0.15) is 5.75 Å². The van der Waals surface area contributed by atoms with E-state index in [1.54, 1.807) is 61.5 Å². The number of hydrogen-bond donors (Lipinski definition) is 2. The van der Waals surface area contributed by atoms with Crippen molar-refractivity contribution in [3.8, 4) is 5.75 Å². The summed E-state index contributed by atoms with van der Waals surface area (Å²) >= 11 is 7.48. The molecule has 9 heteroatoms. The van der Waals surface area contributed by atoms with Gasteiger partial charge in [-0.1, -0.05) is 29.8 Å². The van der Waals surface area contributed by atoms with Crippen LogP contribution >= 0.6 is 23.4 Å². The van der Waals surface area contributed by atoms with E-state index in [9.17, 15) is 13.2 Å². The third-order valence-electron chi connectivity index (χ3n) is 4.58. The Kier molecular flexibility index (Phi) is 7.71. The third kappa shape index (κ3) is 5.97. The highest BCUT2D eigenvalue weighted by molar-refractivity contribution is 8.00. The summed E-state index contributed by atoms with van der Waals surface area (Å²) in [4.78, 5) is 13.7. The third-order valence-corrected chi connectivity index (χ3v) is 7.50. The molecule has 0 fully saturated rings. The average Bonchev–Trinajstić information content (AvgIpc) is 2.77. The van der Waals surface area contributed by atoms with Crippen molar-refractivity contribution in [2.24, 2.45) is 0 Å². The lowest BCUT2D eigenvalue weighted by Crippen LogP contribution is -2.22. The van der Waals surface area contributed by atoms with E-state index in [1.165, 1.54) is 31.0 Å². The lowest BCUT2D eigenvalue weighted by molar-refractivity contribution is -0.115. The van der Waals surface area contributed by atoms with E-state index in [0.29, 0.717) is 22.1 Å². The van der Waals surface area contributed by atoms with Crippen LogP contribution in [0.25, 0.3) is 0 Å². The predicted octanol–water partition coefficient (Wildman–Crippen LogP) is 5.58. The summed E-state index contributed by atoms with van der Waals surface area (Å²) < 4.78 is 32.7. The summed E-state index contributed by atoms with van der Waals surface area (Å²) in [6.07, 6.45) is 0. The number of amides is 1. The van der Waals surface area contributed by atoms with Gasteiger partial charge < -0.3 is 10.1 Å². The van der Waals surface area contributed by atoms with Crippen LogP contribution in [0.2, 0.25) is 5.02 Å². The van der Waals surface area contributed by atoms with Gasteiger partial charge in [-0.15, -0.1) is 11.8 Å². The van der Waals surface area contributed by atoms with Gasteiger partial charge in [-0.3, -0.25) is 9.52 Å². The Labute approximate surface area is 197 Å². The Hall–Kier alpha value is -2.68. The zero-order valence-electron chi connectivity index (χ0n) is 17.8. The van der Waals surface area contributed by atoms with Crippen molar-refractivity contribution >= 4 is 50.7 Å². The zero-order chi connectivity index (χ0) is 23.3. The van der Waals surface area contributed by atoms with Crippen molar-refractivity contribution in [2.75, 3.05) is 17.1 Å². The molecule has 32 heavy (non-hydrogen) atoms. The Balaban J connectivity index is 1.64. The molecule has 3 aromatic carbocycles. The summed E-state index contributed by atoms with van der Waals surface area (Å²) in [7, 11) is -2.14. The van der Waals surface area contributed by atoms with Crippen LogP contribution in [0.4, 0.5) is 11.4 Å². The molecule has 1 atom stereocenters. The molecule has 0 saturated carbocycles. The molecule has 0 aromatic heterocycles. The van der Waals surface area contributed by atoms with Gasteiger partial charge in [-0.05, 0) is 61.9 Å². The van der Waals surface area contributed by atoms with Gasteiger partial charge in [0.25, 0.3) is 10.0 Å². The molecule has 3 aromatic rings. The Bertz CT molecular complexity index is 1200. The second-order valence-corrected chi connectivity index (χ2v) is 10.5. The minimum atomic E-state index is -3.65. The van der Waals surface area contributed by atoms with E-state index in [2.05, 4.69) is 10.0 Å². The van der Waals surface area contributed by atoms with Crippen molar-refractivity contribution in [2.45, 2.75) is 28.9 Å². The number of thioether (sulfide) groups is 1. The molecule has 6 nitrogen and oxygen atoms in total. The fraction of sp³-hybridized carbons (Fsp3) is 0.174. The standard InChI is InChI=1S/C23H23ClN2O4S2/c1-15-13-21(22(30-3)14-20(15)24)25-23(27)16(2)31-18-11-9-17(10-12-18)26-32(28,29)19-7-5-4-6-8-19/h4-14,16,26H,1-3H3,(H,25,27). The van der Waals surface area contributed by atoms with Gasteiger partial charge in [0, 0.05) is 21.7 Å². The van der Waals surface area contributed by atoms with Gasteiger partial charge in [-0.25, -0.2) is 8.42 Å². The van der Waals surface area contributed by atoms with Crippen molar-refractivity contribution in [1.29, 1.82) is 0 Å². The van der Waals surface area contributed by atoms with Crippen LogP contribution in [0.15, 0.2) is 76.5 Å². The first-order valence-corrected chi connectivity index (χ1v) is 12.4. The number of carbonyl (C=O) groups is 1. The zero-order valence-corrected chi connectivity index (χ0v) is 20.1. The highest BCUT2D eigenvalue weighted by Crippen LogP contribution is 2.32. The highest BCUT2D eigenvalue weighted by atomic mass is 35.5. The van der Waals surface area contributed by atoms with Gasteiger partial charge in [0.05, 0.1) is 22.9 Å². The molecule has 0 aliphatic heterocycles. The molecule has 0 radical (unpaired) electrons. The predicted molar refractivity (Wildman–Crippen MR) is 130 cm³/mol. The monoisotopic (exact) mass is 490 g/mol. The molecule has 0 heterocycles. The molecule has 1 unspecified atom stereocenters. The number of halogens is 1. The first-order valence-electron chi connectivity index (χ1n) is 9.69. The smallest absolute Gasteiger partial charge is 0.261 e. The molecule has 3 rings (SSSR count). The van der Waals surface area contributed by atoms with E-state index in [1.807, 2.05) is 6.92 Å². The maximum atomic E-state index is 12.7. The average molecular weight is 491 g/mol. The number of benzene rings is 3. The lowest BCUT2D eigenvalue weighted by atomic mass is 10.2. The molecule has 0 saturated heterocycles. The summed E-state index contributed by atoms with van der Waals surface area (Å²) in [6, 6.07) is 18.5. The number of methoxy groups -OCH3 is 1. The molecule has 0 spiro atoms. The molecule has 0 aliphatic rings. The van der Waals surface area contributed by atoms with E-state index in [-0.39, 0.29) is 10.8 Å². The molecule has 168 valence electrons. The molecule has 2 N–H and O–H groups in total. The number of carbonyl (C=O) groups excluding carboxylic acids is 1. The van der Waals surface area contributed by atoms with Crippen molar-refractivity contribution < 1.29 is 17.9 Å². The van der Waals surface area contributed by atoms with Crippen LogP contribution in [-0.2, 0) is 14.8 Å². The Morgan fingerprint density at radius 1 is 1.06 bits per heavy atom. The van der Waals surface area contributed by atoms with E-state index < -0.39 is 15.3 Å². The fourth-order valence-electron chi connectivity index (χ4n) is 2.84. The fourth-order valence-corrected chi connectivity index (χ4v) is 4.94. The SMILES string of the molecule is COc1cc(Cl)c(C)cc1NC(=O)C(C)Sc1ccc(NS(=O)(=O)c2ccccc2)cc1. The minimum Gasteiger partial charge on any atom is -0.495 e. The molecule has 0 bridgehead atoms. The number of nitrogens with one attached hydrogen (secondary N) is 2. The second-order valence-electron chi connectivity index (χ2n) is 6.99. The summed E-state index contributed by atoms with van der Waals surface area (Å²) in [6.45, 7) is 3.64. The number of aryl methyl sites for hydroxylation is 1. The number of ether oxygens (including phenoxy) is 1. The molecular formula is C23H23ClN2O4S2. The first-order chi connectivity index (χ1) is 15.2. The van der Waals surface area contributed by atoms with Gasteiger partial charge in [0.15, 0.2) is 0 Å². The molecule has 0 aliphatic carbocycles. The second kappa shape index (κ2) is 10.3. The van der Waals surface area contributed by atoms with E-state index in [0.717, 1.165) is 10.5 Å². The number of anilines is 2. The van der Waals surface area contributed by atoms with Gasteiger partial charge >= 0.3 is 0 Å². The topological polar surface area (TPSA) is 84.5 Å². The Morgan fingerprint density at radius 2 is 1.72 bits per heavy atom. The van der Waals surface area contributed by atoms with Crippen LogP contribution in [0.5, 0.6) is 5.75 Å². The quantitative estimate of drug-likeness (QED) is 0.403. The largest absolute Gasteiger partial charge is 0.495 e. The summed E-state index contributed by atoms with van der Waals surface area (Å²) in [5.41, 5.74) is 1.82. The maximum Gasteiger partial charge on any atom is 0.261 e. The molecule has 1 amide bonds. The van der Waals surface area contributed by atoms with Crippen LogP contribution in [0.3, 0.4) is 0 Å². The van der Waals surface area contributed by atoms with E-state index >= 15 is 0 Å². The first kappa shape index (κ1) is 24.0. The highest BCUT2D eigenvalue weighted by Gasteiger charge is 2.18. The number of rotatable bonds is 8. The van der Waals surface area contributed by atoms with Crippen molar-refractivity contribution in [3.63, 3.8) is 0 Å². The van der Waals surface area contributed by atoms with Crippen LogP contribution < -0.4 is 14.8 Å². The maximum absolute atomic E-state index is 12.7. The molecular weight excluding hydrogens is 468 g/mol. The van der Waals surface area contributed by atoms with Gasteiger partial charge in [0.2, 0.25) is 5.91 Å². The number of hydrogen-bond acceptors (Lipinski definition) is 5. The normalized spacial score (nSPS) is 12.1. The van der Waals surface area contributed by atoms with Gasteiger partial charge in [-0.2, -0.15) is 0 Å².